The molecule has 0 N–H and O–H groups in total. The van der Waals surface area contributed by atoms with Crippen molar-refractivity contribution in [1.29, 1.82) is 0 Å². The van der Waals surface area contributed by atoms with E-state index in [0.717, 1.165) is 0 Å². The molecule has 52 valence electrons. The third-order valence-electron chi connectivity index (χ3n) is 1.26. The highest BCUT2D eigenvalue weighted by Gasteiger charge is 2.01. The summed E-state index contributed by atoms with van der Waals surface area (Å²) in [6.07, 6.45) is 3.57. The number of aryl methyl sites for hydroxylation is 1. The van der Waals surface area contributed by atoms with Crippen molar-refractivity contribution in [3.63, 3.8) is 0 Å². The lowest BCUT2D eigenvalue weighted by Crippen LogP contribution is -2.27. The second-order valence-corrected chi connectivity index (χ2v) is 2.18. The normalized spacial score (nSPS) is 10.7. The molecule has 0 aromatic carbocycles. The van der Waals surface area contributed by atoms with E-state index in [1.54, 1.807) is 22.9 Å². The van der Waals surface area contributed by atoms with Crippen molar-refractivity contribution >= 4 is 5.78 Å². The fraction of sp³-hybridized carbons (Fsp3) is 0.250. The molecule has 10 heavy (non-hydrogen) atoms. The number of Topliss-reactive ketones (excluding diaryl/α,β-unsaturated/α-hetero) is 1. The van der Waals surface area contributed by atoms with Crippen molar-refractivity contribution in [1.82, 2.24) is 0 Å². The average Bonchev–Trinajstić information content (AvgIpc) is 2.03. The van der Waals surface area contributed by atoms with Gasteiger partial charge in [0.1, 0.15) is 7.05 Å². The van der Waals surface area contributed by atoms with Crippen LogP contribution in [0.1, 0.15) is 18.6 Å². The molecule has 1 heterocycles. The first kappa shape index (κ1) is 5.59. The third kappa shape index (κ3) is 1.41. The number of hydrogen-bond donors (Lipinski definition) is 0. The Bertz CT molecular complexity index is 273. The first-order valence-electron chi connectivity index (χ1n) is 3.72. The summed E-state index contributed by atoms with van der Waals surface area (Å²) in [5.74, 6) is -0.138. The summed E-state index contributed by atoms with van der Waals surface area (Å²) in [4.78, 5) is 11.0. The maximum atomic E-state index is 11.0. The molecule has 0 saturated heterocycles. The van der Waals surface area contributed by atoms with Crippen LogP contribution in [0.15, 0.2) is 24.5 Å². The molecule has 0 fully saturated rings. The van der Waals surface area contributed by atoms with Crippen LogP contribution in [0, 0.1) is 0 Å². The highest BCUT2D eigenvalue weighted by Crippen LogP contribution is 1.93. The molecule has 1 aromatic heterocycles. The highest BCUT2D eigenvalue weighted by molar-refractivity contribution is 5.93. The molecule has 2 nitrogen and oxygen atoms in total. The summed E-state index contributed by atoms with van der Waals surface area (Å²) in [6, 6.07) is 3.51. The van der Waals surface area contributed by atoms with Gasteiger partial charge < -0.3 is 0 Å². The molecule has 0 aliphatic heterocycles. The summed E-state index contributed by atoms with van der Waals surface area (Å²) in [5, 5.41) is 0. The molecule has 0 spiro atoms. The first-order chi connectivity index (χ1) is 5.24. The summed E-state index contributed by atoms with van der Waals surface area (Å²) in [7, 11) is 1.85. The van der Waals surface area contributed by atoms with Gasteiger partial charge in [0.05, 0.1) is 5.56 Å². The largest absolute Gasteiger partial charge is 0.294 e. The number of hydrogen-bond acceptors (Lipinski definition) is 1. The Morgan fingerprint density at radius 2 is 2.60 bits per heavy atom. The van der Waals surface area contributed by atoms with Crippen molar-refractivity contribution in [2.45, 2.75) is 6.90 Å². The van der Waals surface area contributed by atoms with Gasteiger partial charge in [-0.2, -0.15) is 0 Å². The highest BCUT2D eigenvalue weighted by atomic mass is 16.1. The molecule has 2 heteroatoms. The standard InChI is InChI=1S/C8H10NO/c1-7(10)8-4-3-5-9(2)6-8/h3-6H,1-2H3/q+1/i1D. The van der Waals surface area contributed by atoms with Crippen LogP contribution >= 0.6 is 0 Å². The molecule has 0 bridgehead atoms. The Hall–Kier alpha value is -1.18. The van der Waals surface area contributed by atoms with Gasteiger partial charge >= 0.3 is 0 Å². The van der Waals surface area contributed by atoms with Gasteiger partial charge in [-0.05, 0) is 13.0 Å². The quantitative estimate of drug-likeness (QED) is 0.412. The molecule has 0 atom stereocenters. The van der Waals surface area contributed by atoms with E-state index in [9.17, 15) is 4.79 Å². The Labute approximate surface area is 61.5 Å². The summed E-state index contributed by atoms with van der Waals surface area (Å²) in [6.45, 7) is -0.177. The maximum Gasteiger partial charge on any atom is 0.179 e. The number of pyridine rings is 1. The van der Waals surface area contributed by atoms with Gasteiger partial charge in [0.2, 0.25) is 0 Å². The Morgan fingerprint density at radius 3 is 3.20 bits per heavy atom. The van der Waals surface area contributed by atoms with Crippen LogP contribution in [-0.4, -0.2) is 5.78 Å². The Balaban J connectivity index is 2.96. The summed E-state index contributed by atoms with van der Waals surface area (Å²) >= 11 is 0. The maximum absolute atomic E-state index is 11.0. The van der Waals surface area contributed by atoms with Gasteiger partial charge in [-0.25, -0.2) is 4.57 Å². The van der Waals surface area contributed by atoms with Gasteiger partial charge in [-0.1, -0.05) is 0 Å². The molecular formula is C8H10NO+. The molecule has 0 unspecified atom stereocenters. The van der Waals surface area contributed by atoms with Crippen molar-refractivity contribution in [2.24, 2.45) is 7.05 Å². The van der Waals surface area contributed by atoms with Gasteiger partial charge in [-0.15, -0.1) is 0 Å². The SMILES string of the molecule is [2H]CC(=O)c1ccc[n+](C)c1. The predicted molar refractivity (Wildman–Crippen MR) is 37.6 cm³/mol. The van der Waals surface area contributed by atoms with E-state index in [2.05, 4.69) is 0 Å². The molecule has 0 saturated carbocycles. The van der Waals surface area contributed by atoms with Crippen LogP contribution in [0.3, 0.4) is 0 Å². The minimum atomic E-state index is -0.177. The second-order valence-electron chi connectivity index (χ2n) is 2.18. The van der Waals surface area contributed by atoms with E-state index in [1.807, 2.05) is 13.2 Å². The van der Waals surface area contributed by atoms with E-state index < -0.39 is 0 Å². The van der Waals surface area contributed by atoms with Crippen LogP contribution in [-0.2, 0) is 7.05 Å². The third-order valence-corrected chi connectivity index (χ3v) is 1.26. The van der Waals surface area contributed by atoms with Crippen molar-refractivity contribution in [3.05, 3.63) is 30.1 Å². The minimum Gasteiger partial charge on any atom is -0.294 e. The minimum absolute atomic E-state index is 0.138. The van der Waals surface area contributed by atoms with E-state index in [1.165, 1.54) is 0 Å². The molecule has 1 aromatic rings. The zero-order valence-electron chi connectivity index (χ0n) is 6.87. The lowest BCUT2D eigenvalue weighted by atomic mass is 10.2. The van der Waals surface area contributed by atoms with Crippen LogP contribution in [0.5, 0.6) is 0 Å². The van der Waals surface area contributed by atoms with Gasteiger partial charge in [0, 0.05) is 7.44 Å². The first-order valence-corrected chi connectivity index (χ1v) is 3.02. The molecule has 0 aliphatic carbocycles. The smallest absolute Gasteiger partial charge is 0.179 e. The fourth-order valence-electron chi connectivity index (χ4n) is 0.753. The lowest BCUT2D eigenvalue weighted by molar-refractivity contribution is -0.671. The van der Waals surface area contributed by atoms with E-state index in [-0.39, 0.29) is 12.7 Å². The number of carbonyl (C=O) groups excluding carboxylic acids is 1. The van der Waals surface area contributed by atoms with Gasteiger partial charge in [-0.3, -0.25) is 4.79 Å². The van der Waals surface area contributed by atoms with Crippen molar-refractivity contribution < 1.29 is 10.7 Å². The van der Waals surface area contributed by atoms with E-state index >= 15 is 0 Å². The molecule has 1 rings (SSSR count). The molecule has 0 aliphatic rings. The number of nitrogens with zero attached hydrogens (tertiary/aromatic N) is 1. The lowest BCUT2D eigenvalue weighted by Gasteiger charge is -1.89. The molecule has 0 amide bonds. The predicted octanol–water partition coefficient (Wildman–Crippen LogP) is 0.714. The van der Waals surface area contributed by atoms with E-state index in [4.69, 9.17) is 1.37 Å². The second kappa shape index (κ2) is 2.60. The fourth-order valence-corrected chi connectivity index (χ4v) is 0.753. The van der Waals surface area contributed by atoms with E-state index in [0.29, 0.717) is 5.56 Å². The topological polar surface area (TPSA) is 20.9 Å². The van der Waals surface area contributed by atoms with Crippen LogP contribution in [0.4, 0.5) is 0 Å². The van der Waals surface area contributed by atoms with Crippen LogP contribution in [0.2, 0.25) is 0 Å². The van der Waals surface area contributed by atoms with Crippen molar-refractivity contribution in [2.75, 3.05) is 0 Å². The monoisotopic (exact) mass is 137 g/mol. The van der Waals surface area contributed by atoms with Gasteiger partial charge in [0.25, 0.3) is 0 Å². The zero-order chi connectivity index (χ0) is 8.27. The molecule has 0 radical (unpaired) electrons. The number of carbonyl (C=O) groups is 1. The van der Waals surface area contributed by atoms with Crippen molar-refractivity contribution in [3.8, 4) is 0 Å². The Kier molecular flexibility index (Phi) is 1.46. The van der Waals surface area contributed by atoms with Crippen LogP contribution < -0.4 is 4.57 Å². The number of aromatic nitrogens is 1. The average molecular weight is 137 g/mol. The summed E-state index contributed by atoms with van der Waals surface area (Å²) < 4.78 is 8.65. The van der Waals surface area contributed by atoms with Crippen LogP contribution in [0.25, 0.3) is 0 Å². The number of rotatable bonds is 1. The molecular weight excluding hydrogens is 126 g/mol. The van der Waals surface area contributed by atoms with Gasteiger partial charge in [0.15, 0.2) is 18.2 Å². The zero-order valence-corrected chi connectivity index (χ0v) is 5.87. The Morgan fingerprint density at radius 1 is 1.80 bits per heavy atom. The summed E-state index contributed by atoms with van der Waals surface area (Å²) in [5.41, 5.74) is 0.602. The number of ketones is 1.